The van der Waals surface area contributed by atoms with Crippen LogP contribution in [0.5, 0.6) is 5.75 Å². The Morgan fingerprint density at radius 3 is 2.42 bits per heavy atom. The van der Waals surface area contributed by atoms with Gasteiger partial charge in [0.25, 0.3) is 0 Å². The second-order valence-corrected chi connectivity index (χ2v) is 4.36. The van der Waals surface area contributed by atoms with Gasteiger partial charge in [0.1, 0.15) is 5.75 Å². The van der Waals surface area contributed by atoms with Gasteiger partial charge >= 0.3 is 0 Å². The SMILES string of the molecule is COCC(C)OCC(O)CNc1ccc(OC)cc1. The van der Waals surface area contributed by atoms with Gasteiger partial charge in [-0.2, -0.15) is 0 Å². The lowest BCUT2D eigenvalue weighted by Crippen LogP contribution is -2.28. The van der Waals surface area contributed by atoms with Gasteiger partial charge in [-0.05, 0) is 31.2 Å². The summed E-state index contributed by atoms with van der Waals surface area (Å²) in [6.45, 7) is 3.16. The van der Waals surface area contributed by atoms with Crippen LogP contribution in [-0.4, -0.2) is 51.3 Å². The Hall–Kier alpha value is -1.30. The van der Waals surface area contributed by atoms with Gasteiger partial charge in [-0.1, -0.05) is 0 Å². The third-order valence-electron chi connectivity index (χ3n) is 2.61. The van der Waals surface area contributed by atoms with E-state index in [1.807, 2.05) is 31.2 Å². The van der Waals surface area contributed by atoms with Gasteiger partial charge < -0.3 is 24.6 Å². The zero-order valence-corrected chi connectivity index (χ0v) is 11.8. The Balaban J connectivity index is 2.23. The van der Waals surface area contributed by atoms with E-state index < -0.39 is 6.10 Å². The molecular weight excluding hydrogens is 246 g/mol. The molecule has 0 radical (unpaired) electrons. The minimum absolute atomic E-state index is 0.0133. The molecule has 0 heterocycles. The number of hydrogen-bond donors (Lipinski definition) is 2. The number of benzene rings is 1. The van der Waals surface area contributed by atoms with E-state index in [1.165, 1.54) is 0 Å². The topological polar surface area (TPSA) is 60.0 Å². The van der Waals surface area contributed by atoms with E-state index in [2.05, 4.69) is 5.32 Å². The van der Waals surface area contributed by atoms with Crippen LogP contribution in [0.1, 0.15) is 6.92 Å². The highest BCUT2D eigenvalue weighted by atomic mass is 16.5. The molecule has 5 heteroatoms. The second kappa shape index (κ2) is 8.74. The van der Waals surface area contributed by atoms with Crippen molar-refractivity contribution in [3.8, 4) is 5.75 Å². The number of ether oxygens (including phenoxy) is 3. The first-order valence-electron chi connectivity index (χ1n) is 6.32. The van der Waals surface area contributed by atoms with E-state index in [0.717, 1.165) is 11.4 Å². The lowest BCUT2D eigenvalue weighted by Gasteiger charge is -2.16. The molecule has 108 valence electrons. The van der Waals surface area contributed by atoms with Crippen LogP contribution in [0.25, 0.3) is 0 Å². The number of methoxy groups -OCH3 is 2. The van der Waals surface area contributed by atoms with Gasteiger partial charge in [0, 0.05) is 19.3 Å². The van der Waals surface area contributed by atoms with Crippen molar-refractivity contribution < 1.29 is 19.3 Å². The van der Waals surface area contributed by atoms with Crippen LogP contribution in [0.2, 0.25) is 0 Å². The molecule has 0 saturated carbocycles. The molecule has 1 rings (SSSR count). The summed E-state index contributed by atoms with van der Waals surface area (Å²) in [6.07, 6.45) is -0.568. The third kappa shape index (κ3) is 6.42. The van der Waals surface area contributed by atoms with Gasteiger partial charge in [0.15, 0.2) is 0 Å². The van der Waals surface area contributed by atoms with Crippen molar-refractivity contribution in [2.45, 2.75) is 19.1 Å². The van der Waals surface area contributed by atoms with Gasteiger partial charge in [-0.15, -0.1) is 0 Å². The van der Waals surface area contributed by atoms with Crippen LogP contribution in [0.15, 0.2) is 24.3 Å². The second-order valence-electron chi connectivity index (χ2n) is 4.36. The standard InChI is InChI=1S/C14H23NO4/c1-11(9-17-2)19-10-13(16)8-15-12-4-6-14(18-3)7-5-12/h4-7,11,13,15-16H,8-10H2,1-3H3. The largest absolute Gasteiger partial charge is 0.497 e. The van der Waals surface area contributed by atoms with E-state index in [9.17, 15) is 5.11 Å². The summed E-state index contributed by atoms with van der Waals surface area (Å²) in [5.41, 5.74) is 0.935. The van der Waals surface area contributed by atoms with Crippen LogP contribution >= 0.6 is 0 Å². The lowest BCUT2D eigenvalue weighted by molar-refractivity contribution is -0.0282. The summed E-state index contributed by atoms with van der Waals surface area (Å²) in [4.78, 5) is 0. The Labute approximate surface area is 114 Å². The molecule has 0 aliphatic rings. The number of rotatable bonds is 9. The van der Waals surface area contributed by atoms with Crippen molar-refractivity contribution in [1.82, 2.24) is 0 Å². The highest BCUT2D eigenvalue weighted by Gasteiger charge is 2.07. The highest BCUT2D eigenvalue weighted by molar-refractivity contribution is 5.46. The molecule has 0 aliphatic carbocycles. The zero-order valence-electron chi connectivity index (χ0n) is 11.8. The van der Waals surface area contributed by atoms with Crippen LogP contribution in [0.4, 0.5) is 5.69 Å². The summed E-state index contributed by atoms with van der Waals surface area (Å²) >= 11 is 0. The van der Waals surface area contributed by atoms with Crippen molar-refractivity contribution in [3.63, 3.8) is 0 Å². The molecule has 0 saturated heterocycles. The molecule has 0 aliphatic heterocycles. The average Bonchev–Trinajstić information content (AvgIpc) is 2.44. The molecule has 1 aromatic carbocycles. The molecule has 2 unspecified atom stereocenters. The molecule has 2 atom stereocenters. The monoisotopic (exact) mass is 269 g/mol. The summed E-state index contributed by atoms with van der Waals surface area (Å²) in [6, 6.07) is 7.54. The lowest BCUT2D eigenvalue weighted by atomic mass is 10.3. The minimum atomic E-state index is -0.554. The average molecular weight is 269 g/mol. The Morgan fingerprint density at radius 2 is 1.84 bits per heavy atom. The maximum Gasteiger partial charge on any atom is 0.119 e. The van der Waals surface area contributed by atoms with Gasteiger partial charge in [-0.25, -0.2) is 0 Å². The van der Waals surface area contributed by atoms with Gasteiger partial charge in [-0.3, -0.25) is 0 Å². The van der Waals surface area contributed by atoms with Crippen LogP contribution < -0.4 is 10.1 Å². The van der Waals surface area contributed by atoms with Crippen molar-refractivity contribution in [1.29, 1.82) is 0 Å². The molecular formula is C14H23NO4. The predicted octanol–water partition coefficient (Wildman–Crippen LogP) is 1.52. The predicted molar refractivity (Wildman–Crippen MR) is 74.8 cm³/mol. The van der Waals surface area contributed by atoms with Crippen molar-refractivity contribution in [2.75, 3.05) is 39.3 Å². The molecule has 0 aromatic heterocycles. The minimum Gasteiger partial charge on any atom is -0.497 e. The third-order valence-corrected chi connectivity index (χ3v) is 2.61. The summed E-state index contributed by atoms with van der Waals surface area (Å²) < 4.78 is 15.5. The molecule has 2 N–H and O–H groups in total. The molecule has 0 spiro atoms. The fraction of sp³-hybridized carbons (Fsp3) is 0.571. The van der Waals surface area contributed by atoms with E-state index in [-0.39, 0.29) is 12.7 Å². The zero-order chi connectivity index (χ0) is 14.1. The van der Waals surface area contributed by atoms with E-state index in [1.54, 1.807) is 14.2 Å². The first kappa shape index (κ1) is 15.8. The van der Waals surface area contributed by atoms with E-state index in [0.29, 0.717) is 13.2 Å². The van der Waals surface area contributed by atoms with Gasteiger partial charge in [0.05, 0.1) is 32.5 Å². The Morgan fingerprint density at radius 1 is 1.16 bits per heavy atom. The number of aliphatic hydroxyl groups excluding tert-OH is 1. The van der Waals surface area contributed by atoms with Crippen molar-refractivity contribution >= 4 is 5.69 Å². The molecule has 0 amide bonds. The normalized spacial score (nSPS) is 13.9. The fourth-order valence-electron chi connectivity index (χ4n) is 1.56. The maximum atomic E-state index is 9.78. The highest BCUT2D eigenvalue weighted by Crippen LogP contribution is 2.14. The Bertz CT molecular complexity index is 342. The first-order valence-corrected chi connectivity index (χ1v) is 6.32. The fourth-order valence-corrected chi connectivity index (χ4v) is 1.56. The summed E-state index contributed by atoms with van der Waals surface area (Å²) in [5.74, 6) is 0.808. The Kier molecular flexibility index (Phi) is 7.25. The van der Waals surface area contributed by atoms with Crippen molar-refractivity contribution in [2.24, 2.45) is 0 Å². The molecule has 5 nitrogen and oxygen atoms in total. The molecule has 0 bridgehead atoms. The number of hydrogen-bond acceptors (Lipinski definition) is 5. The molecule has 1 aromatic rings. The smallest absolute Gasteiger partial charge is 0.119 e. The molecule has 19 heavy (non-hydrogen) atoms. The first-order chi connectivity index (χ1) is 9.15. The van der Waals surface area contributed by atoms with Crippen LogP contribution in [-0.2, 0) is 9.47 Å². The summed E-state index contributed by atoms with van der Waals surface area (Å²) in [7, 11) is 3.26. The van der Waals surface area contributed by atoms with Crippen LogP contribution in [0.3, 0.4) is 0 Å². The quantitative estimate of drug-likeness (QED) is 0.712. The van der Waals surface area contributed by atoms with Crippen molar-refractivity contribution in [3.05, 3.63) is 24.3 Å². The number of anilines is 1. The van der Waals surface area contributed by atoms with Crippen LogP contribution in [0, 0.1) is 0 Å². The van der Waals surface area contributed by atoms with Gasteiger partial charge in [0.2, 0.25) is 0 Å². The summed E-state index contributed by atoms with van der Waals surface area (Å²) in [5, 5.41) is 12.9. The maximum absolute atomic E-state index is 9.78. The van der Waals surface area contributed by atoms with E-state index in [4.69, 9.17) is 14.2 Å². The molecule has 0 fully saturated rings. The van der Waals surface area contributed by atoms with E-state index >= 15 is 0 Å². The number of aliphatic hydroxyl groups is 1. The number of nitrogens with one attached hydrogen (secondary N) is 1.